The lowest BCUT2D eigenvalue weighted by molar-refractivity contribution is 0.460. The number of fused-ring (bicyclic) bond motifs is 1. The van der Waals surface area contributed by atoms with Crippen molar-refractivity contribution in [1.82, 2.24) is 15.3 Å². The second-order valence-corrected chi connectivity index (χ2v) is 4.44. The van der Waals surface area contributed by atoms with E-state index in [2.05, 4.69) is 15.3 Å². The lowest BCUT2D eigenvalue weighted by atomic mass is 10.2. The Morgan fingerprint density at radius 2 is 1.80 bits per heavy atom. The number of hydrogen-bond acceptors (Lipinski definition) is 4. The molecule has 0 amide bonds. The lowest BCUT2D eigenvalue weighted by Crippen LogP contribution is -2.06. The van der Waals surface area contributed by atoms with Crippen LogP contribution < -0.4 is 10.1 Å². The molecule has 20 heavy (non-hydrogen) atoms. The molecule has 0 bridgehead atoms. The van der Waals surface area contributed by atoms with Crippen LogP contribution in [-0.4, -0.2) is 17.0 Å². The second-order valence-electron chi connectivity index (χ2n) is 4.44. The predicted molar refractivity (Wildman–Crippen MR) is 78.8 cm³/mol. The Balaban J connectivity index is 2.01. The van der Waals surface area contributed by atoms with E-state index in [1.54, 1.807) is 0 Å². The van der Waals surface area contributed by atoms with Gasteiger partial charge in [0.15, 0.2) is 0 Å². The average Bonchev–Trinajstić information content (AvgIpc) is 2.50. The normalized spacial score (nSPS) is 10.7. The molecule has 1 aromatic heterocycles. The van der Waals surface area contributed by atoms with Crippen molar-refractivity contribution in [2.24, 2.45) is 0 Å². The number of ether oxygens (including phenoxy) is 1. The van der Waals surface area contributed by atoms with Gasteiger partial charge in [-0.1, -0.05) is 30.3 Å². The number of hydrogen-bond donors (Lipinski definition) is 1. The molecule has 0 unspecified atom stereocenters. The highest BCUT2D eigenvalue weighted by Gasteiger charge is 2.08. The maximum Gasteiger partial charge on any atom is 0.230 e. The smallest absolute Gasteiger partial charge is 0.230 e. The minimum Gasteiger partial charge on any atom is -0.438 e. The van der Waals surface area contributed by atoms with Crippen molar-refractivity contribution in [2.75, 3.05) is 7.05 Å². The molecule has 100 valence electrons. The largest absolute Gasteiger partial charge is 0.438 e. The Morgan fingerprint density at radius 3 is 2.70 bits per heavy atom. The van der Waals surface area contributed by atoms with Crippen molar-refractivity contribution in [3.05, 3.63) is 60.4 Å². The van der Waals surface area contributed by atoms with E-state index < -0.39 is 0 Å². The summed E-state index contributed by atoms with van der Waals surface area (Å²) in [5.74, 6) is 1.39. The summed E-state index contributed by atoms with van der Waals surface area (Å²) in [4.78, 5) is 8.49. The fraction of sp³-hybridized carbons (Fsp3) is 0.125. The van der Waals surface area contributed by atoms with E-state index in [1.807, 2.05) is 55.6 Å². The summed E-state index contributed by atoms with van der Waals surface area (Å²) >= 11 is 0. The number of benzene rings is 2. The Labute approximate surface area is 117 Å². The zero-order chi connectivity index (χ0) is 13.8. The van der Waals surface area contributed by atoms with Crippen LogP contribution in [0.1, 0.15) is 5.56 Å². The minimum absolute atomic E-state index is 0.583. The SMILES string of the molecule is CNCc1ccccc1Oc1ncnc2ccccc12. The predicted octanol–water partition coefficient (Wildman–Crippen LogP) is 3.14. The molecule has 0 saturated heterocycles. The van der Waals surface area contributed by atoms with E-state index in [9.17, 15) is 0 Å². The van der Waals surface area contributed by atoms with Gasteiger partial charge in [-0.05, 0) is 25.2 Å². The van der Waals surface area contributed by atoms with Crippen LogP contribution >= 0.6 is 0 Å². The quantitative estimate of drug-likeness (QED) is 0.787. The molecule has 1 heterocycles. The molecule has 0 atom stereocenters. The van der Waals surface area contributed by atoms with E-state index in [0.29, 0.717) is 5.88 Å². The highest BCUT2D eigenvalue weighted by atomic mass is 16.5. The maximum atomic E-state index is 5.98. The molecule has 3 aromatic rings. The summed E-state index contributed by atoms with van der Waals surface area (Å²) in [5, 5.41) is 4.05. The fourth-order valence-electron chi connectivity index (χ4n) is 2.11. The van der Waals surface area contributed by atoms with Gasteiger partial charge >= 0.3 is 0 Å². The van der Waals surface area contributed by atoms with E-state index >= 15 is 0 Å². The third-order valence-electron chi connectivity index (χ3n) is 3.05. The summed E-state index contributed by atoms with van der Waals surface area (Å²) in [6.07, 6.45) is 1.53. The minimum atomic E-state index is 0.583. The molecular formula is C16H15N3O. The monoisotopic (exact) mass is 265 g/mol. The Bertz CT molecular complexity index is 722. The molecule has 0 aliphatic rings. The molecule has 0 saturated carbocycles. The maximum absolute atomic E-state index is 5.98. The van der Waals surface area contributed by atoms with Gasteiger partial charge in [-0.3, -0.25) is 0 Å². The van der Waals surface area contributed by atoms with Gasteiger partial charge in [0.05, 0.1) is 10.9 Å². The lowest BCUT2D eigenvalue weighted by Gasteiger charge is -2.11. The van der Waals surface area contributed by atoms with Crippen LogP contribution in [0, 0.1) is 0 Å². The topological polar surface area (TPSA) is 47.0 Å². The molecule has 0 fully saturated rings. The molecule has 0 aliphatic heterocycles. The molecular weight excluding hydrogens is 250 g/mol. The van der Waals surface area contributed by atoms with Crippen LogP contribution in [0.2, 0.25) is 0 Å². The van der Waals surface area contributed by atoms with Crippen molar-refractivity contribution < 1.29 is 4.74 Å². The highest BCUT2D eigenvalue weighted by molar-refractivity contribution is 5.83. The van der Waals surface area contributed by atoms with Crippen LogP contribution in [0.3, 0.4) is 0 Å². The van der Waals surface area contributed by atoms with E-state index in [1.165, 1.54) is 6.33 Å². The summed E-state index contributed by atoms with van der Waals surface area (Å²) in [6.45, 7) is 0.749. The molecule has 0 aliphatic carbocycles. The molecule has 1 N–H and O–H groups in total. The molecule has 0 radical (unpaired) electrons. The summed E-state index contributed by atoms with van der Waals surface area (Å²) in [6, 6.07) is 15.8. The van der Waals surface area contributed by atoms with E-state index in [0.717, 1.165) is 28.8 Å². The van der Waals surface area contributed by atoms with E-state index in [-0.39, 0.29) is 0 Å². The van der Waals surface area contributed by atoms with Gasteiger partial charge in [0.1, 0.15) is 12.1 Å². The molecule has 0 spiro atoms. The van der Waals surface area contributed by atoms with Gasteiger partial charge in [0.2, 0.25) is 5.88 Å². The third kappa shape index (κ3) is 2.46. The van der Waals surface area contributed by atoms with E-state index in [4.69, 9.17) is 4.74 Å². The molecule has 2 aromatic carbocycles. The second kappa shape index (κ2) is 5.67. The van der Waals surface area contributed by atoms with Crippen molar-refractivity contribution >= 4 is 10.9 Å². The van der Waals surface area contributed by atoms with Crippen molar-refractivity contribution in [3.63, 3.8) is 0 Å². The van der Waals surface area contributed by atoms with Crippen LogP contribution in [0.15, 0.2) is 54.9 Å². The zero-order valence-corrected chi connectivity index (χ0v) is 11.2. The van der Waals surface area contributed by atoms with Crippen molar-refractivity contribution in [2.45, 2.75) is 6.54 Å². The first-order valence-electron chi connectivity index (χ1n) is 6.48. The van der Waals surface area contributed by atoms with Crippen LogP contribution in [0.4, 0.5) is 0 Å². The molecule has 4 nitrogen and oxygen atoms in total. The standard InChI is InChI=1S/C16H15N3O/c1-17-10-12-6-2-5-9-15(12)20-16-13-7-3-4-8-14(13)18-11-19-16/h2-9,11,17H,10H2,1H3. The Morgan fingerprint density at radius 1 is 1.00 bits per heavy atom. The van der Waals surface area contributed by atoms with Crippen LogP contribution in [0.25, 0.3) is 10.9 Å². The first kappa shape index (κ1) is 12.6. The molecule has 3 rings (SSSR count). The number of nitrogens with zero attached hydrogens (tertiary/aromatic N) is 2. The highest BCUT2D eigenvalue weighted by Crippen LogP contribution is 2.28. The van der Waals surface area contributed by atoms with Gasteiger partial charge in [-0.2, -0.15) is 0 Å². The van der Waals surface area contributed by atoms with Crippen molar-refractivity contribution in [3.8, 4) is 11.6 Å². The molecule has 4 heteroatoms. The fourth-order valence-corrected chi connectivity index (χ4v) is 2.11. The number of para-hydroxylation sites is 2. The third-order valence-corrected chi connectivity index (χ3v) is 3.05. The Kier molecular flexibility index (Phi) is 3.56. The summed E-state index contributed by atoms with van der Waals surface area (Å²) in [7, 11) is 1.91. The van der Waals surface area contributed by atoms with Crippen LogP contribution in [0.5, 0.6) is 11.6 Å². The number of nitrogens with one attached hydrogen (secondary N) is 1. The number of rotatable bonds is 4. The zero-order valence-electron chi connectivity index (χ0n) is 11.2. The van der Waals surface area contributed by atoms with Crippen LogP contribution in [-0.2, 0) is 6.54 Å². The van der Waals surface area contributed by atoms with Crippen molar-refractivity contribution in [1.29, 1.82) is 0 Å². The van der Waals surface area contributed by atoms with Gasteiger partial charge in [-0.15, -0.1) is 0 Å². The van der Waals surface area contributed by atoms with Gasteiger partial charge < -0.3 is 10.1 Å². The first-order chi connectivity index (χ1) is 9.88. The number of aromatic nitrogens is 2. The van der Waals surface area contributed by atoms with Gasteiger partial charge in [0, 0.05) is 12.1 Å². The first-order valence-corrected chi connectivity index (χ1v) is 6.48. The summed E-state index contributed by atoms with van der Waals surface area (Å²) < 4.78 is 5.98. The van der Waals surface area contributed by atoms with Gasteiger partial charge in [-0.25, -0.2) is 9.97 Å². The average molecular weight is 265 g/mol. The van der Waals surface area contributed by atoms with Gasteiger partial charge in [0.25, 0.3) is 0 Å². The summed E-state index contributed by atoms with van der Waals surface area (Å²) in [5.41, 5.74) is 1.97. The Hall–Kier alpha value is -2.46.